The van der Waals surface area contributed by atoms with Crippen LogP contribution in [-0.2, 0) is 9.13 Å². The molecule has 0 amide bonds. The van der Waals surface area contributed by atoms with Crippen LogP contribution in [0.4, 0.5) is 0 Å². The van der Waals surface area contributed by atoms with Crippen molar-refractivity contribution in [3.05, 3.63) is 0 Å². The van der Waals surface area contributed by atoms with Crippen LogP contribution in [0.3, 0.4) is 0 Å². The Kier molecular flexibility index (Phi) is 6.68. The Morgan fingerprint density at radius 1 is 0.875 bits per heavy atom. The van der Waals surface area contributed by atoms with Gasteiger partial charge in [-0.3, -0.25) is 9.13 Å². The van der Waals surface area contributed by atoms with E-state index in [1.54, 1.807) is 0 Å². The van der Waals surface area contributed by atoms with Crippen molar-refractivity contribution in [2.75, 3.05) is 0 Å². The van der Waals surface area contributed by atoms with Gasteiger partial charge in [0.1, 0.15) is 0 Å². The topological polar surface area (TPSA) is 139 Å². The lowest BCUT2D eigenvalue weighted by atomic mass is 10.1. The number of hydrazone groups is 1. The average Bonchev–Trinajstić information content (AvgIpc) is 2.84. The number of hydrogen-bond donors (Lipinski definition) is 5. The van der Waals surface area contributed by atoms with E-state index in [9.17, 15) is 28.7 Å². The van der Waals surface area contributed by atoms with Crippen LogP contribution in [-0.4, -0.2) is 36.2 Å². The Balaban J connectivity index is 2.35. The van der Waals surface area contributed by atoms with Gasteiger partial charge in [-0.05, 0) is 32.1 Å². The summed E-state index contributed by atoms with van der Waals surface area (Å²) in [5.74, 6) is 0. The molecule has 0 spiro atoms. The van der Waals surface area contributed by atoms with Gasteiger partial charge in [0, 0.05) is 6.04 Å². The van der Waals surface area contributed by atoms with Gasteiger partial charge >= 0.3 is 15.2 Å². The molecule has 0 aromatic rings. The smallest absolute Gasteiger partial charge is 0.323 e. The standard InChI is InChI=1S/C14H28N2O6P2/c17-23(18,19)14(24(20,21)22)11-7-3-6-10-13(14)16-15-12-8-4-1-2-5-9-12/h12,15H,1-11H2,(H2,17,18,19)(H2,20,21,22). The van der Waals surface area contributed by atoms with Gasteiger partial charge in [0.25, 0.3) is 0 Å². The van der Waals surface area contributed by atoms with Crippen LogP contribution in [0.5, 0.6) is 0 Å². The van der Waals surface area contributed by atoms with E-state index >= 15 is 0 Å². The fourth-order valence-electron chi connectivity index (χ4n) is 3.71. The lowest BCUT2D eigenvalue weighted by Crippen LogP contribution is -2.39. The van der Waals surface area contributed by atoms with Crippen LogP contribution < -0.4 is 5.43 Å². The molecule has 0 saturated heterocycles. The van der Waals surface area contributed by atoms with Crippen molar-refractivity contribution in [2.45, 2.75) is 81.6 Å². The normalized spacial score (nSPS) is 25.9. The van der Waals surface area contributed by atoms with E-state index < -0.39 is 20.1 Å². The maximum atomic E-state index is 12.1. The molecular weight excluding hydrogens is 354 g/mol. The minimum atomic E-state index is -5.09. The minimum absolute atomic E-state index is 0.0640. The summed E-state index contributed by atoms with van der Waals surface area (Å²) in [6, 6.07) is 0.0921. The summed E-state index contributed by atoms with van der Waals surface area (Å²) in [5.41, 5.74) is 2.90. The van der Waals surface area contributed by atoms with Crippen LogP contribution in [0, 0.1) is 0 Å². The fourth-order valence-corrected chi connectivity index (χ4v) is 6.96. The number of nitrogens with one attached hydrogen (secondary N) is 1. The third-order valence-electron chi connectivity index (χ3n) is 5.10. The molecule has 2 fully saturated rings. The predicted octanol–water partition coefficient (Wildman–Crippen LogP) is 2.67. The van der Waals surface area contributed by atoms with Crippen LogP contribution in [0.2, 0.25) is 0 Å². The van der Waals surface area contributed by atoms with Crippen LogP contribution in [0.15, 0.2) is 5.10 Å². The summed E-state index contributed by atoms with van der Waals surface area (Å²) in [7, 11) is -10.2. The molecule has 0 radical (unpaired) electrons. The highest BCUT2D eigenvalue weighted by Gasteiger charge is 2.63. The van der Waals surface area contributed by atoms with Gasteiger partial charge in [-0.2, -0.15) is 5.10 Å². The second-order valence-corrected chi connectivity index (χ2v) is 10.9. The van der Waals surface area contributed by atoms with Gasteiger partial charge in [-0.25, -0.2) is 0 Å². The van der Waals surface area contributed by atoms with E-state index in [4.69, 9.17) is 0 Å². The predicted molar refractivity (Wildman–Crippen MR) is 92.0 cm³/mol. The van der Waals surface area contributed by atoms with Gasteiger partial charge in [-0.1, -0.05) is 38.5 Å². The molecule has 0 atom stereocenters. The maximum absolute atomic E-state index is 12.1. The Bertz CT molecular complexity index is 525. The highest BCUT2D eigenvalue weighted by atomic mass is 31.2. The Morgan fingerprint density at radius 2 is 1.42 bits per heavy atom. The SMILES string of the molecule is O=P(O)(O)C1(P(=O)(O)O)CCCCCC1=NNC1CCCCCC1. The lowest BCUT2D eigenvalue weighted by Gasteiger charge is -2.34. The molecule has 140 valence electrons. The first-order valence-electron chi connectivity index (χ1n) is 8.62. The van der Waals surface area contributed by atoms with Crippen LogP contribution in [0.1, 0.15) is 70.6 Å². The summed E-state index contributed by atoms with van der Waals surface area (Å²) in [6.07, 6.45) is 7.85. The molecule has 2 saturated carbocycles. The molecule has 2 aliphatic carbocycles. The quantitative estimate of drug-likeness (QED) is 0.286. The fraction of sp³-hybridized carbons (Fsp3) is 0.929. The van der Waals surface area contributed by atoms with E-state index in [0.29, 0.717) is 19.3 Å². The molecule has 2 aliphatic rings. The average molecular weight is 382 g/mol. The van der Waals surface area contributed by atoms with Gasteiger partial charge in [0.15, 0.2) is 0 Å². The number of rotatable bonds is 4. The Morgan fingerprint density at radius 3 is 1.96 bits per heavy atom. The molecule has 8 nitrogen and oxygen atoms in total. The molecule has 0 unspecified atom stereocenters. The zero-order valence-corrected chi connectivity index (χ0v) is 15.6. The summed E-state index contributed by atoms with van der Waals surface area (Å²) in [4.78, 5) is 36.8. The van der Waals surface area contributed by atoms with Crippen molar-refractivity contribution in [1.82, 2.24) is 5.43 Å². The van der Waals surface area contributed by atoms with Crippen molar-refractivity contribution >= 4 is 20.9 Å². The molecule has 0 aliphatic heterocycles. The zero-order chi connectivity index (χ0) is 17.8. The third kappa shape index (κ3) is 4.29. The molecule has 0 aromatic heterocycles. The molecule has 2 rings (SSSR count). The van der Waals surface area contributed by atoms with Crippen molar-refractivity contribution in [2.24, 2.45) is 5.10 Å². The first kappa shape index (κ1) is 20.1. The van der Waals surface area contributed by atoms with Gasteiger partial charge in [-0.15, -0.1) is 0 Å². The highest BCUT2D eigenvalue weighted by molar-refractivity contribution is 7.74. The second-order valence-electron chi connectivity index (χ2n) is 6.84. The molecule has 5 N–H and O–H groups in total. The second kappa shape index (κ2) is 7.98. The first-order chi connectivity index (χ1) is 11.2. The molecule has 0 aromatic carbocycles. The van der Waals surface area contributed by atoms with Gasteiger partial charge < -0.3 is 25.0 Å². The molecule has 0 heterocycles. The van der Waals surface area contributed by atoms with Crippen LogP contribution in [0.25, 0.3) is 0 Å². The van der Waals surface area contributed by atoms with Crippen molar-refractivity contribution in [3.8, 4) is 0 Å². The molecular formula is C14H28N2O6P2. The van der Waals surface area contributed by atoms with Crippen molar-refractivity contribution in [1.29, 1.82) is 0 Å². The van der Waals surface area contributed by atoms with E-state index in [-0.39, 0.29) is 24.6 Å². The Hall–Kier alpha value is -0.230. The van der Waals surface area contributed by atoms with Crippen molar-refractivity contribution < 1.29 is 28.7 Å². The maximum Gasteiger partial charge on any atom is 0.349 e. The summed E-state index contributed by atoms with van der Waals surface area (Å²) in [5, 5.41) is 4.18. The first-order valence-corrected chi connectivity index (χ1v) is 11.8. The zero-order valence-electron chi connectivity index (χ0n) is 13.8. The molecule has 0 bridgehead atoms. The summed E-state index contributed by atoms with van der Waals surface area (Å²) < 4.78 is 24.2. The largest absolute Gasteiger partial charge is 0.349 e. The lowest BCUT2D eigenvalue weighted by molar-refractivity contribution is 0.321. The van der Waals surface area contributed by atoms with E-state index in [1.165, 1.54) is 0 Å². The van der Waals surface area contributed by atoms with E-state index in [0.717, 1.165) is 38.5 Å². The number of hydrogen-bond acceptors (Lipinski definition) is 4. The number of nitrogens with zero attached hydrogens (tertiary/aromatic N) is 1. The monoisotopic (exact) mass is 382 g/mol. The minimum Gasteiger partial charge on any atom is -0.323 e. The highest BCUT2D eigenvalue weighted by Crippen LogP contribution is 2.72. The Labute approximate surface area is 142 Å². The van der Waals surface area contributed by atoms with Gasteiger partial charge in [0.05, 0.1) is 5.71 Å². The summed E-state index contributed by atoms with van der Waals surface area (Å²) >= 11 is 0. The van der Waals surface area contributed by atoms with Crippen molar-refractivity contribution in [3.63, 3.8) is 0 Å². The van der Waals surface area contributed by atoms with E-state index in [2.05, 4.69) is 10.5 Å². The van der Waals surface area contributed by atoms with Crippen LogP contribution >= 0.6 is 15.2 Å². The molecule has 10 heteroatoms. The van der Waals surface area contributed by atoms with E-state index in [1.807, 2.05) is 0 Å². The summed E-state index contributed by atoms with van der Waals surface area (Å²) in [6.45, 7) is 0. The third-order valence-corrected chi connectivity index (χ3v) is 9.56. The van der Waals surface area contributed by atoms with Gasteiger partial charge in [0.2, 0.25) is 4.90 Å². The molecule has 24 heavy (non-hydrogen) atoms.